The lowest BCUT2D eigenvalue weighted by Crippen LogP contribution is -2.35. The van der Waals surface area contributed by atoms with Gasteiger partial charge in [-0.25, -0.2) is 9.79 Å². The van der Waals surface area contributed by atoms with Crippen LogP contribution in [0.15, 0.2) is 71.7 Å². The van der Waals surface area contributed by atoms with E-state index in [0.717, 1.165) is 22.4 Å². The molecular weight excluding hydrogens is 534 g/mol. The lowest BCUT2D eigenvalue weighted by atomic mass is 10.1. The summed E-state index contributed by atoms with van der Waals surface area (Å²) in [6.45, 7) is 6.39. The van der Waals surface area contributed by atoms with Crippen LogP contribution in [0.3, 0.4) is 0 Å². The number of hydrogen-bond acceptors (Lipinski definition) is 6. The lowest BCUT2D eigenvalue weighted by Gasteiger charge is -2.17. The van der Waals surface area contributed by atoms with Gasteiger partial charge in [0.1, 0.15) is 5.25 Å². The number of esters is 1. The summed E-state index contributed by atoms with van der Waals surface area (Å²) in [5.41, 5.74) is 4.86. The lowest BCUT2D eigenvalue weighted by molar-refractivity contribution is -0.128. The Bertz CT molecular complexity index is 1390. The van der Waals surface area contributed by atoms with Gasteiger partial charge in [0.2, 0.25) is 11.8 Å². The van der Waals surface area contributed by atoms with Crippen LogP contribution in [0.2, 0.25) is 5.02 Å². The summed E-state index contributed by atoms with van der Waals surface area (Å²) in [6.07, 6.45) is 0.626. The zero-order valence-electron chi connectivity index (χ0n) is 22.1. The van der Waals surface area contributed by atoms with Crippen LogP contribution < -0.4 is 5.32 Å². The summed E-state index contributed by atoms with van der Waals surface area (Å²) >= 11 is 7.29. The Morgan fingerprint density at radius 3 is 2.44 bits per heavy atom. The van der Waals surface area contributed by atoms with Crippen LogP contribution in [0.4, 0.5) is 11.4 Å². The Hall–Kier alpha value is -3.62. The molecule has 0 bridgehead atoms. The monoisotopic (exact) mass is 563 g/mol. The van der Waals surface area contributed by atoms with Gasteiger partial charge < -0.3 is 10.1 Å². The van der Waals surface area contributed by atoms with Crippen LogP contribution in [0.1, 0.15) is 40.4 Å². The second kappa shape index (κ2) is 13.0. The van der Waals surface area contributed by atoms with Crippen molar-refractivity contribution in [1.82, 2.24) is 4.90 Å². The highest BCUT2D eigenvalue weighted by atomic mass is 35.5. The number of carbonyl (C=O) groups excluding carboxylic acids is 3. The first-order valence-electron chi connectivity index (χ1n) is 12.7. The number of thioether (sulfide) groups is 1. The summed E-state index contributed by atoms with van der Waals surface area (Å²) < 4.78 is 5.04. The molecule has 1 fully saturated rings. The summed E-state index contributed by atoms with van der Waals surface area (Å²) in [5, 5.41) is 3.50. The van der Waals surface area contributed by atoms with Crippen LogP contribution in [0.25, 0.3) is 0 Å². The zero-order chi connectivity index (χ0) is 27.9. The fourth-order valence-electron chi connectivity index (χ4n) is 4.14. The van der Waals surface area contributed by atoms with Gasteiger partial charge in [0.05, 0.1) is 17.9 Å². The van der Waals surface area contributed by atoms with Gasteiger partial charge in [-0.1, -0.05) is 53.2 Å². The third-order valence-electron chi connectivity index (χ3n) is 6.19. The average molecular weight is 564 g/mol. The van der Waals surface area contributed by atoms with Gasteiger partial charge in [-0.2, -0.15) is 0 Å². The number of hydrogen-bond donors (Lipinski definition) is 1. The highest BCUT2D eigenvalue weighted by Gasteiger charge is 2.39. The molecule has 4 rings (SSSR count). The average Bonchev–Trinajstić information content (AvgIpc) is 3.19. The predicted octanol–water partition coefficient (Wildman–Crippen LogP) is 6.34. The number of rotatable bonds is 9. The van der Waals surface area contributed by atoms with Crippen LogP contribution in [0.5, 0.6) is 0 Å². The fourth-order valence-corrected chi connectivity index (χ4v) is 5.45. The molecule has 1 atom stereocenters. The second-order valence-electron chi connectivity index (χ2n) is 9.21. The normalized spacial score (nSPS) is 16.0. The first-order chi connectivity index (χ1) is 18.7. The van der Waals surface area contributed by atoms with E-state index < -0.39 is 11.2 Å². The summed E-state index contributed by atoms with van der Waals surface area (Å²) in [4.78, 5) is 44.7. The number of halogens is 1. The molecule has 1 aliphatic heterocycles. The number of aliphatic imine (C=N–C) groups is 1. The maximum Gasteiger partial charge on any atom is 0.338 e. The van der Waals surface area contributed by atoms with Gasteiger partial charge in [-0.3, -0.25) is 14.5 Å². The minimum absolute atomic E-state index is 0.0229. The summed E-state index contributed by atoms with van der Waals surface area (Å²) in [6, 6.07) is 20.0. The standard InChI is InChI=1S/C30H30ClN3O4S/c1-4-38-29(37)22-8-12-24(13-9-22)32-30-34(16-15-21-6-10-23(31)11-7-21)28(36)26(39-30)18-27(35)33-25-14-5-19(2)17-20(25)3/h5-14,17,26H,4,15-16,18H2,1-3H3,(H,33,35). The minimum Gasteiger partial charge on any atom is -0.462 e. The number of nitrogens with one attached hydrogen (secondary N) is 1. The number of amides is 2. The van der Waals surface area contributed by atoms with Gasteiger partial charge in [-0.05, 0) is 80.8 Å². The molecule has 3 aromatic carbocycles. The number of nitrogens with zero attached hydrogens (tertiary/aromatic N) is 2. The van der Waals surface area contributed by atoms with Gasteiger partial charge >= 0.3 is 5.97 Å². The third-order valence-corrected chi connectivity index (χ3v) is 7.61. The fraction of sp³-hybridized carbons (Fsp3) is 0.267. The molecule has 39 heavy (non-hydrogen) atoms. The summed E-state index contributed by atoms with van der Waals surface area (Å²) in [5.74, 6) is -0.793. The van der Waals surface area contributed by atoms with Gasteiger partial charge in [0.15, 0.2) is 5.17 Å². The van der Waals surface area contributed by atoms with E-state index in [1.54, 1.807) is 36.1 Å². The van der Waals surface area contributed by atoms with Crippen molar-refractivity contribution in [2.45, 2.75) is 38.9 Å². The topological polar surface area (TPSA) is 88.1 Å². The Morgan fingerprint density at radius 1 is 1.05 bits per heavy atom. The molecular formula is C30H30ClN3O4S. The van der Waals surface area contributed by atoms with E-state index in [0.29, 0.717) is 41.0 Å². The quantitative estimate of drug-likeness (QED) is 0.307. The molecule has 0 aromatic heterocycles. The van der Waals surface area contributed by atoms with Crippen LogP contribution >= 0.6 is 23.4 Å². The van der Waals surface area contributed by atoms with Crippen molar-refractivity contribution in [3.05, 3.63) is 94.0 Å². The maximum atomic E-state index is 13.5. The Kier molecular flexibility index (Phi) is 9.43. The number of anilines is 1. The van der Waals surface area contributed by atoms with E-state index in [1.165, 1.54) is 11.8 Å². The van der Waals surface area contributed by atoms with E-state index in [2.05, 4.69) is 5.32 Å². The Morgan fingerprint density at radius 2 is 1.77 bits per heavy atom. The Labute approximate surface area is 237 Å². The molecule has 9 heteroatoms. The number of amidine groups is 1. The first-order valence-corrected chi connectivity index (χ1v) is 13.9. The van der Waals surface area contributed by atoms with Crippen molar-refractivity contribution in [2.24, 2.45) is 4.99 Å². The molecule has 1 N–H and O–H groups in total. The SMILES string of the molecule is CCOC(=O)c1ccc(N=C2SC(CC(=O)Nc3ccc(C)cc3C)C(=O)N2CCc2ccc(Cl)cc2)cc1. The smallest absolute Gasteiger partial charge is 0.338 e. The van der Waals surface area contributed by atoms with Crippen molar-refractivity contribution in [1.29, 1.82) is 0 Å². The second-order valence-corrected chi connectivity index (χ2v) is 10.8. The molecule has 3 aromatic rings. The van der Waals surface area contributed by atoms with Gasteiger partial charge in [0.25, 0.3) is 0 Å². The predicted molar refractivity (Wildman–Crippen MR) is 157 cm³/mol. The van der Waals surface area contributed by atoms with Crippen LogP contribution in [-0.4, -0.2) is 46.3 Å². The Balaban J connectivity index is 1.52. The summed E-state index contributed by atoms with van der Waals surface area (Å²) in [7, 11) is 0. The molecule has 0 spiro atoms. The van der Waals surface area contributed by atoms with Gasteiger partial charge in [-0.15, -0.1) is 0 Å². The molecule has 2 amide bonds. The number of carbonyl (C=O) groups is 3. The first kappa shape index (κ1) is 28.4. The molecule has 0 saturated carbocycles. The van der Waals surface area contributed by atoms with E-state index in [1.807, 2.05) is 56.3 Å². The van der Waals surface area contributed by atoms with E-state index in [-0.39, 0.29) is 18.2 Å². The molecule has 1 heterocycles. The zero-order valence-corrected chi connectivity index (χ0v) is 23.6. The number of aryl methyl sites for hydroxylation is 2. The van der Waals surface area contributed by atoms with Crippen molar-refractivity contribution >= 4 is 57.7 Å². The number of benzene rings is 3. The molecule has 1 saturated heterocycles. The van der Waals surface area contributed by atoms with Crippen molar-refractivity contribution in [2.75, 3.05) is 18.5 Å². The molecule has 0 radical (unpaired) electrons. The number of ether oxygens (including phenoxy) is 1. The van der Waals surface area contributed by atoms with E-state index in [9.17, 15) is 14.4 Å². The largest absolute Gasteiger partial charge is 0.462 e. The van der Waals surface area contributed by atoms with Crippen molar-refractivity contribution in [3.8, 4) is 0 Å². The molecule has 1 unspecified atom stereocenters. The molecule has 7 nitrogen and oxygen atoms in total. The van der Waals surface area contributed by atoms with Crippen molar-refractivity contribution in [3.63, 3.8) is 0 Å². The highest BCUT2D eigenvalue weighted by molar-refractivity contribution is 8.15. The highest BCUT2D eigenvalue weighted by Crippen LogP contribution is 2.32. The third kappa shape index (κ3) is 7.49. The van der Waals surface area contributed by atoms with Crippen LogP contribution in [0, 0.1) is 13.8 Å². The minimum atomic E-state index is -0.599. The van der Waals surface area contributed by atoms with Gasteiger partial charge in [0, 0.05) is 23.7 Å². The van der Waals surface area contributed by atoms with Crippen LogP contribution in [-0.2, 0) is 20.7 Å². The molecule has 0 aliphatic carbocycles. The van der Waals surface area contributed by atoms with Crippen molar-refractivity contribution < 1.29 is 19.1 Å². The molecule has 1 aliphatic rings. The van der Waals surface area contributed by atoms with E-state index in [4.69, 9.17) is 21.3 Å². The van der Waals surface area contributed by atoms with E-state index >= 15 is 0 Å². The maximum absolute atomic E-state index is 13.5. The molecule has 202 valence electrons.